The van der Waals surface area contributed by atoms with Crippen LogP contribution < -0.4 is 0 Å². The molecule has 14 heavy (non-hydrogen) atoms. The molecule has 1 aliphatic heterocycles. The van der Waals surface area contributed by atoms with Crippen molar-refractivity contribution < 1.29 is 4.39 Å². The van der Waals surface area contributed by atoms with Gasteiger partial charge in [0.15, 0.2) is 0 Å². The van der Waals surface area contributed by atoms with Crippen molar-refractivity contribution in [3.05, 3.63) is 38.6 Å². The first kappa shape index (κ1) is 10.8. The highest BCUT2D eigenvalue weighted by Gasteiger charge is 2.18. The molecule has 0 N–H and O–H groups in total. The highest BCUT2D eigenvalue weighted by molar-refractivity contribution is 9.10. The van der Waals surface area contributed by atoms with E-state index in [4.69, 9.17) is 0 Å². The molecule has 1 aromatic rings. The summed E-state index contributed by atoms with van der Waals surface area (Å²) in [5, 5.41) is 0. The minimum absolute atomic E-state index is 0.194. The highest BCUT2D eigenvalue weighted by Crippen LogP contribution is 2.43. The fourth-order valence-electron chi connectivity index (χ4n) is 1.22. The van der Waals surface area contributed by atoms with Gasteiger partial charge in [-0.2, -0.15) is 0 Å². The Morgan fingerprint density at radius 2 is 1.93 bits per heavy atom. The third-order valence-electron chi connectivity index (χ3n) is 1.91. The monoisotopic (exact) mass is 291 g/mol. The standard InChI is InChI=1S/C10H9BrFS2/c11-8-6-7(2-3-9(8)12)10-13-4-1-5-14-10/h2-3,6H,1,4-5H2. The molecule has 0 aliphatic carbocycles. The number of benzene rings is 1. The van der Waals surface area contributed by atoms with Gasteiger partial charge in [0.1, 0.15) is 10.4 Å². The SMILES string of the molecule is Fc1ccc([C]2SCCCS2)cc1Br. The molecule has 1 saturated heterocycles. The zero-order valence-corrected chi connectivity index (χ0v) is 10.6. The van der Waals surface area contributed by atoms with Gasteiger partial charge in [-0.1, -0.05) is 6.07 Å². The molecule has 0 aromatic heterocycles. The van der Waals surface area contributed by atoms with Gasteiger partial charge in [0.25, 0.3) is 0 Å². The third kappa shape index (κ3) is 2.47. The Labute approximate surface area is 100 Å². The van der Waals surface area contributed by atoms with E-state index in [1.165, 1.54) is 28.6 Å². The smallest absolute Gasteiger partial charge is 0.137 e. The van der Waals surface area contributed by atoms with E-state index < -0.39 is 0 Å². The minimum atomic E-state index is -0.194. The lowest BCUT2D eigenvalue weighted by atomic mass is 10.2. The Balaban J connectivity index is 2.18. The van der Waals surface area contributed by atoms with Crippen molar-refractivity contribution in [2.45, 2.75) is 6.42 Å². The van der Waals surface area contributed by atoms with Crippen LogP contribution in [0.1, 0.15) is 12.0 Å². The summed E-state index contributed by atoms with van der Waals surface area (Å²) in [7, 11) is 0. The summed E-state index contributed by atoms with van der Waals surface area (Å²) in [6.07, 6.45) is 1.27. The maximum Gasteiger partial charge on any atom is 0.137 e. The second-order valence-electron chi connectivity index (χ2n) is 2.97. The van der Waals surface area contributed by atoms with Gasteiger partial charge in [-0.05, 0) is 51.6 Å². The first-order valence-corrected chi connectivity index (χ1v) is 7.12. The Morgan fingerprint density at radius 1 is 1.21 bits per heavy atom. The zero-order valence-electron chi connectivity index (χ0n) is 7.43. The van der Waals surface area contributed by atoms with Crippen molar-refractivity contribution in [3.63, 3.8) is 0 Å². The van der Waals surface area contributed by atoms with Gasteiger partial charge in [-0.3, -0.25) is 0 Å². The molecule has 1 radical (unpaired) electrons. The van der Waals surface area contributed by atoms with E-state index >= 15 is 0 Å². The third-order valence-corrected chi connectivity index (χ3v) is 5.21. The van der Waals surface area contributed by atoms with Crippen LogP contribution in [-0.4, -0.2) is 11.5 Å². The fourth-order valence-corrected chi connectivity index (χ4v) is 4.15. The van der Waals surface area contributed by atoms with Crippen LogP contribution in [-0.2, 0) is 0 Å². The molecular formula is C10H9BrFS2. The lowest BCUT2D eigenvalue weighted by Crippen LogP contribution is -2.01. The van der Waals surface area contributed by atoms with E-state index in [2.05, 4.69) is 15.9 Å². The van der Waals surface area contributed by atoms with E-state index in [9.17, 15) is 4.39 Å². The zero-order chi connectivity index (χ0) is 9.97. The first-order valence-electron chi connectivity index (χ1n) is 4.35. The van der Waals surface area contributed by atoms with E-state index in [-0.39, 0.29) is 5.82 Å². The maximum atomic E-state index is 13.0. The molecule has 2 rings (SSSR count). The number of hydrogen-bond acceptors (Lipinski definition) is 2. The topological polar surface area (TPSA) is 0 Å². The number of thioether (sulfide) groups is 2. The molecule has 0 bridgehead atoms. The van der Waals surface area contributed by atoms with Crippen LogP contribution in [0.25, 0.3) is 0 Å². The van der Waals surface area contributed by atoms with Crippen molar-refractivity contribution in [1.29, 1.82) is 0 Å². The molecule has 0 spiro atoms. The summed E-state index contributed by atoms with van der Waals surface area (Å²) >= 11 is 6.94. The van der Waals surface area contributed by atoms with Gasteiger partial charge in [0, 0.05) is 0 Å². The molecule has 75 valence electrons. The summed E-state index contributed by atoms with van der Waals surface area (Å²) in [5.74, 6) is 2.16. The van der Waals surface area contributed by atoms with Crippen molar-refractivity contribution >= 4 is 39.5 Å². The van der Waals surface area contributed by atoms with Crippen molar-refractivity contribution in [3.8, 4) is 0 Å². The molecule has 4 heteroatoms. The molecule has 0 saturated carbocycles. The van der Waals surface area contributed by atoms with Gasteiger partial charge in [-0.15, -0.1) is 23.5 Å². The Kier molecular flexibility index (Phi) is 3.79. The van der Waals surface area contributed by atoms with Gasteiger partial charge in [-0.25, -0.2) is 4.39 Å². The lowest BCUT2D eigenvalue weighted by molar-refractivity contribution is 0.621. The summed E-state index contributed by atoms with van der Waals surface area (Å²) in [4.78, 5) is 0. The Bertz CT molecular complexity index is 324. The van der Waals surface area contributed by atoms with Crippen molar-refractivity contribution in [2.75, 3.05) is 11.5 Å². The molecule has 0 atom stereocenters. The molecule has 0 amide bonds. The van der Waals surface area contributed by atoms with Crippen LogP contribution >= 0.6 is 39.5 Å². The van der Waals surface area contributed by atoms with Crippen LogP contribution in [0.2, 0.25) is 0 Å². The van der Waals surface area contributed by atoms with Gasteiger partial charge < -0.3 is 0 Å². The lowest BCUT2D eigenvalue weighted by Gasteiger charge is -2.20. The summed E-state index contributed by atoms with van der Waals surface area (Å²) in [6, 6.07) is 5.22. The van der Waals surface area contributed by atoms with Crippen molar-refractivity contribution in [2.24, 2.45) is 0 Å². The Morgan fingerprint density at radius 3 is 2.57 bits per heavy atom. The molecule has 1 aromatic carbocycles. The second-order valence-corrected chi connectivity index (χ2v) is 6.29. The van der Waals surface area contributed by atoms with Crippen LogP contribution in [0.3, 0.4) is 0 Å². The van der Waals surface area contributed by atoms with Crippen LogP contribution in [0.15, 0.2) is 22.7 Å². The van der Waals surface area contributed by atoms with Crippen molar-refractivity contribution in [1.82, 2.24) is 0 Å². The van der Waals surface area contributed by atoms with Crippen LogP contribution in [0.4, 0.5) is 4.39 Å². The average Bonchev–Trinajstić information content (AvgIpc) is 2.23. The van der Waals surface area contributed by atoms with E-state index in [1.54, 1.807) is 0 Å². The molecule has 0 nitrogen and oxygen atoms in total. The molecule has 0 unspecified atom stereocenters. The number of rotatable bonds is 1. The Hall–Kier alpha value is 0.330. The molecule has 1 heterocycles. The number of hydrogen-bond donors (Lipinski definition) is 0. The fraction of sp³-hybridized carbons (Fsp3) is 0.300. The highest BCUT2D eigenvalue weighted by atomic mass is 79.9. The number of halogens is 2. The molecular weight excluding hydrogens is 283 g/mol. The second kappa shape index (κ2) is 4.90. The average molecular weight is 292 g/mol. The van der Waals surface area contributed by atoms with Gasteiger partial charge in [0.2, 0.25) is 0 Å². The largest absolute Gasteiger partial charge is 0.206 e. The normalized spacial score (nSPS) is 18.4. The summed E-state index contributed by atoms with van der Waals surface area (Å²) in [5.41, 5.74) is 1.13. The predicted molar refractivity (Wildman–Crippen MR) is 66.0 cm³/mol. The summed E-state index contributed by atoms with van der Waals surface area (Å²) in [6.45, 7) is 0. The van der Waals surface area contributed by atoms with Crippen LogP contribution in [0, 0.1) is 10.4 Å². The molecule has 1 aliphatic rings. The van der Waals surface area contributed by atoms with E-state index in [0.29, 0.717) is 4.47 Å². The first-order chi connectivity index (χ1) is 6.77. The van der Waals surface area contributed by atoms with E-state index in [0.717, 1.165) is 5.56 Å². The molecule has 1 fully saturated rings. The van der Waals surface area contributed by atoms with Crippen LogP contribution in [0.5, 0.6) is 0 Å². The minimum Gasteiger partial charge on any atom is -0.206 e. The van der Waals surface area contributed by atoms with Gasteiger partial charge >= 0.3 is 0 Å². The quantitative estimate of drug-likeness (QED) is 0.757. The maximum absolute atomic E-state index is 13.0. The van der Waals surface area contributed by atoms with E-state index in [1.807, 2.05) is 35.7 Å². The predicted octanol–water partition coefficient (Wildman–Crippen LogP) is 4.30. The summed E-state index contributed by atoms with van der Waals surface area (Å²) < 4.78 is 14.9. The van der Waals surface area contributed by atoms with Gasteiger partial charge in [0.05, 0.1) is 4.47 Å².